The minimum absolute atomic E-state index is 0.195. The van der Waals surface area contributed by atoms with Gasteiger partial charge < -0.3 is 4.90 Å². The molecule has 0 aromatic heterocycles. The first-order chi connectivity index (χ1) is 12.7. The summed E-state index contributed by atoms with van der Waals surface area (Å²) in [6.45, 7) is 6.22. The van der Waals surface area contributed by atoms with Crippen LogP contribution in [0.25, 0.3) is 5.57 Å². The number of hydrogen-bond donors (Lipinski definition) is 0. The van der Waals surface area contributed by atoms with Crippen molar-refractivity contribution in [1.82, 2.24) is 15.1 Å². The fraction of sp³-hybridized carbons (Fsp3) is 0.591. The van der Waals surface area contributed by atoms with Crippen LogP contribution in [0.3, 0.4) is 0 Å². The number of nitrogens with zero attached hydrogens (tertiary/aromatic N) is 3. The number of fused-ring (bicyclic) bond motifs is 2. The lowest BCUT2D eigenvalue weighted by Crippen LogP contribution is -2.43. The summed E-state index contributed by atoms with van der Waals surface area (Å²) in [5.74, 6) is 0.936. The molecule has 26 heavy (non-hydrogen) atoms. The second kappa shape index (κ2) is 6.41. The molecule has 0 bridgehead atoms. The normalized spacial score (nSPS) is 24.1. The number of rotatable bonds is 2. The highest BCUT2D eigenvalue weighted by Crippen LogP contribution is 2.41. The zero-order chi connectivity index (χ0) is 17.7. The predicted octanol–water partition coefficient (Wildman–Crippen LogP) is 3.78. The van der Waals surface area contributed by atoms with Gasteiger partial charge in [-0.05, 0) is 55.4 Å². The van der Waals surface area contributed by atoms with Crippen LogP contribution in [0.15, 0.2) is 23.9 Å². The van der Waals surface area contributed by atoms with Gasteiger partial charge >= 0.3 is 0 Å². The molecule has 1 radical (unpaired) electrons. The molecule has 0 spiro atoms. The number of likely N-dealkylation sites (tertiary alicyclic amines) is 1. The third-order valence-corrected chi connectivity index (χ3v) is 6.83. The number of hydrogen-bond acceptors (Lipinski definition) is 2. The molecule has 0 atom stereocenters. The molecule has 1 aliphatic carbocycles. The van der Waals surface area contributed by atoms with Gasteiger partial charge in [0.2, 0.25) is 0 Å². The van der Waals surface area contributed by atoms with E-state index in [1.54, 1.807) is 0 Å². The summed E-state index contributed by atoms with van der Waals surface area (Å²) in [6, 6.07) is 6.92. The van der Waals surface area contributed by atoms with Crippen molar-refractivity contribution in [3.8, 4) is 0 Å². The summed E-state index contributed by atoms with van der Waals surface area (Å²) in [6.07, 6.45) is 7.36. The monoisotopic (exact) mass is 350 g/mol. The van der Waals surface area contributed by atoms with Crippen LogP contribution in [0.5, 0.6) is 0 Å². The molecular weight excluding hydrogens is 322 g/mol. The van der Waals surface area contributed by atoms with Gasteiger partial charge in [0, 0.05) is 55.5 Å². The maximum Gasteiger partial charge on any atom is 0.253 e. The maximum absolute atomic E-state index is 13.0. The van der Waals surface area contributed by atoms with E-state index in [0.717, 1.165) is 68.7 Å². The van der Waals surface area contributed by atoms with Crippen molar-refractivity contribution in [2.24, 2.45) is 5.92 Å². The Bertz CT molecular complexity index is 757. The molecule has 0 N–H and O–H groups in total. The van der Waals surface area contributed by atoms with Crippen LogP contribution in [0.1, 0.15) is 61.4 Å². The lowest BCUT2D eigenvalue weighted by Gasteiger charge is -2.40. The van der Waals surface area contributed by atoms with Crippen molar-refractivity contribution >= 4 is 17.2 Å². The van der Waals surface area contributed by atoms with Crippen LogP contribution < -0.4 is 5.32 Å². The zero-order valence-electron chi connectivity index (χ0n) is 15.7. The van der Waals surface area contributed by atoms with Crippen LogP contribution in [-0.2, 0) is 0 Å². The molecule has 3 aliphatic heterocycles. The van der Waals surface area contributed by atoms with Gasteiger partial charge in [0.1, 0.15) is 0 Å². The topological polar surface area (TPSA) is 37.7 Å². The number of piperidine rings is 1. The Morgan fingerprint density at radius 1 is 1.12 bits per heavy atom. The molecular formula is C22H28N3O. The quantitative estimate of drug-likeness (QED) is 0.814. The van der Waals surface area contributed by atoms with Crippen LogP contribution in [0, 0.1) is 5.92 Å². The van der Waals surface area contributed by atoms with Crippen molar-refractivity contribution in [2.75, 3.05) is 26.2 Å². The minimum atomic E-state index is 0.195. The number of carbonyl (C=O) groups is 1. The molecule has 3 heterocycles. The molecule has 1 aromatic carbocycles. The van der Waals surface area contributed by atoms with E-state index in [2.05, 4.69) is 24.0 Å². The third kappa shape index (κ3) is 2.75. The summed E-state index contributed by atoms with van der Waals surface area (Å²) in [5, 5.41) is 4.86. The van der Waals surface area contributed by atoms with Crippen molar-refractivity contribution < 1.29 is 4.79 Å². The van der Waals surface area contributed by atoms with Crippen LogP contribution in [0.4, 0.5) is 5.69 Å². The van der Waals surface area contributed by atoms with Gasteiger partial charge in [-0.1, -0.05) is 13.3 Å². The molecule has 0 unspecified atom stereocenters. The fourth-order valence-corrected chi connectivity index (χ4v) is 4.75. The van der Waals surface area contributed by atoms with E-state index in [1.165, 1.54) is 36.1 Å². The van der Waals surface area contributed by atoms with Gasteiger partial charge in [-0.15, -0.1) is 0 Å². The smallest absolute Gasteiger partial charge is 0.253 e. The Morgan fingerprint density at radius 2 is 1.92 bits per heavy atom. The molecule has 5 rings (SSSR count). The van der Waals surface area contributed by atoms with Gasteiger partial charge in [-0.3, -0.25) is 15.0 Å². The molecule has 137 valence electrons. The Labute approximate surface area is 156 Å². The Balaban J connectivity index is 1.37. The number of benzene rings is 1. The second-order valence-electron chi connectivity index (χ2n) is 8.55. The Morgan fingerprint density at radius 3 is 2.65 bits per heavy atom. The maximum atomic E-state index is 13.0. The van der Waals surface area contributed by atoms with E-state index in [1.807, 2.05) is 11.0 Å². The van der Waals surface area contributed by atoms with E-state index in [9.17, 15) is 4.79 Å². The lowest BCUT2D eigenvalue weighted by atomic mass is 9.89. The van der Waals surface area contributed by atoms with Crippen molar-refractivity contribution in [1.29, 1.82) is 0 Å². The lowest BCUT2D eigenvalue weighted by molar-refractivity contribution is 0.0697. The molecule has 1 saturated carbocycles. The van der Waals surface area contributed by atoms with Crippen molar-refractivity contribution in [3.05, 3.63) is 35.0 Å². The number of amides is 1. The van der Waals surface area contributed by atoms with Crippen molar-refractivity contribution in [3.63, 3.8) is 0 Å². The van der Waals surface area contributed by atoms with E-state index in [4.69, 9.17) is 5.32 Å². The highest BCUT2D eigenvalue weighted by Gasteiger charge is 2.34. The standard InChI is InChI=1S/C22H28N3O/c1-15-7-10-24(11-8-15)22(26)16-5-6-20-18(13-16)19-14-25(17-3-2-4-17)12-9-21(19)23-20/h5-6,13,15,17H,2-4,7-12,14H2,1H3. The molecule has 4 heteroatoms. The van der Waals surface area contributed by atoms with E-state index in [-0.39, 0.29) is 5.91 Å². The summed E-state index contributed by atoms with van der Waals surface area (Å²) < 4.78 is 0. The third-order valence-electron chi connectivity index (χ3n) is 6.83. The first-order valence-corrected chi connectivity index (χ1v) is 10.3. The van der Waals surface area contributed by atoms with E-state index in [0.29, 0.717) is 0 Å². The average molecular weight is 350 g/mol. The van der Waals surface area contributed by atoms with Crippen LogP contribution >= 0.6 is 0 Å². The van der Waals surface area contributed by atoms with E-state index >= 15 is 0 Å². The summed E-state index contributed by atoms with van der Waals surface area (Å²) in [5.41, 5.74) is 5.74. The van der Waals surface area contributed by atoms with Gasteiger partial charge in [-0.25, -0.2) is 0 Å². The zero-order valence-corrected chi connectivity index (χ0v) is 15.7. The highest BCUT2D eigenvalue weighted by molar-refractivity contribution is 5.97. The average Bonchev–Trinajstić information content (AvgIpc) is 2.98. The molecule has 1 saturated heterocycles. The molecule has 1 aromatic rings. The Hall–Kier alpha value is -1.81. The second-order valence-corrected chi connectivity index (χ2v) is 8.55. The van der Waals surface area contributed by atoms with Gasteiger partial charge in [0.15, 0.2) is 0 Å². The van der Waals surface area contributed by atoms with Crippen molar-refractivity contribution in [2.45, 2.75) is 51.5 Å². The predicted molar refractivity (Wildman–Crippen MR) is 103 cm³/mol. The fourth-order valence-electron chi connectivity index (χ4n) is 4.75. The molecule has 4 aliphatic rings. The minimum Gasteiger partial charge on any atom is -0.339 e. The van der Waals surface area contributed by atoms with Gasteiger partial charge in [0.25, 0.3) is 5.91 Å². The summed E-state index contributed by atoms with van der Waals surface area (Å²) >= 11 is 0. The first kappa shape index (κ1) is 16.4. The molecule has 4 nitrogen and oxygen atoms in total. The highest BCUT2D eigenvalue weighted by atomic mass is 16.2. The molecule has 2 fully saturated rings. The van der Waals surface area contributed by atoms with Crippen LogP contribution in [-0.4, -0.2) is 47.9 Å². The van der Waals surface area contributed by atoms with Gasteiger partial charge in [-0.2, -0.15) is 0 Å². The van der Waals surface area contributed by atoms with Gasteiger partial charge in [0.05, 0.1) is 5.69 Å². The first-order valence-electron chi connectivity index (χ1n) is 10.3. The largest absolute Gasteiger partial charge is 0.339 e. The summed E-state index contributed by atoms with van der Waals surface area (Å²) in [4.78, 5) is 17.6. The van der Waals surface area contributed by atoms with Crippen LogP contribution in [0.2, 0.25) is 0 Å². The SMILES string of the molecule is CC1CCN(C(=O)c2ccc3c(c2)C2=C(CCN(C4CCC4)C2)[N]3)CC1. The summed E-state index contributed by atoms with van der Waals surface area (Å²) in [7, 11) is 0. The molecule has 1 amide bonds. The Kier molecular flexibility index (Phi) is 4.04. The van der Waals surface area contributed by atoms with E-state index < -0.39 is 0 Å². The number of carbonyl (C=O) groups excluding carboxylic acids is 1.